The number of hydrogen-bond acceptors (Lipinski definition) is 2. The van der Waals surface area contributed by atoms with Gasteiger partial charge in [-0.1, -0.05) is 50.1 Å². The Bertz CT molecular complexity index is 608. The van der Waals surface area contributed by atoms with Crippen molar-refractivity contribution < 1.29 is 5.11 Å². The van der Waals surface area contributed by atoms with Gasteiger partial charge < -0.3 is 10.4 Å². The first-order chi connectivity index (χ1) is 10.2. The van der Waals surface area contributed by atoms with Crippen LogP contribution in [0.4, 0.5) is 0 Å². The molecule has 2 unspecified atom stereocenters. The van der Waals surface area contributed by atoms with Gasteiger partial charge in [-0.3, -0.25) is 0 Å². The summed E-state index contributed by atoms with van der Waals surface area (Å²) in [5.41, 5.74) is 1.03. The van der Waals surface area contributed by atoms with E-state index in [9.17, 15) is 5.11 Å². The monoisotopic (exact) mass is 283 g/mol. The molecule has 0 aliphatic heterocycles. The second kappa shape index (κ2) is 6.48. The Balaban J connectivity index is 1.74. The van der Waals surface area contributed by atoms with Gasteiger partial charge in [0, 0.05) is 18.2 Å². The molecule has 0 spiro atoms. The average Bonchev–Trinajstić information content (AvgIpc) is 2.71. The molecule has 2 aromatic carbocycles. The lowest BCUT2D eigenvalue weighted by molar-refractivity contribution is 0.433. The molecule has 0 aromatic heterocycles. The number of nitrogens with one attached hydrogen (secondary N) is 1. The van der Waals surface area contributed by atoms with E-state index in [4.69, 9.17) is 0 Å². The Kier molecular flexibility index (Phi) is 4.45. The van der Waals surface area contributed by atoms with Gasteiger partial charge in [-0.25, -0.2) is 0 Å². The molecule has 0 saturated heterocycles. The molecule has 3 rings (SSSR count). The van der Waals surface area contributed by atoms with Gasteiger partial charge in [0.1, 0.15) is 5.75 Å². The predicted molar refractivity (Wildman–Crippen MR) is 88.5 cm³/mol. The second-order valence-electron chi connectivity index (χ2n) is 6.48. The van der Waals surface area contributed by atoms with E-state index in [0.29, 0.717) is 11.8 Å². The third-order valence-corrected chi connectivity index (χ3v) is 4.84. The third-order valence-electron chi connectivity index (χ3n) is 4.84. The average molecular weight is 283 g/mol. The number of hydrogen-bond donors (Lipinski definition) is 2. The summed E-state index contributed by atoms with van der Waals surface area (Å²) in [4.78, 5) is 0. The zero-order valence-corrected chi connectivity index (χ0v) is 12.8. The minimum Gasteiger partial charge on any atom is -0.508 e. The van der Waals surface area contributed by atoms with E-state index in [0.717, 1.165) is 23.4 Å². The third kappa shape index (κ3) is 3.38. The molecular weight excluding hydrogens is 258 g/mol. The lowest BCUT2D eigenvalue weighted by atomic mass is 10.0. The first kappa shape index (κ1) is 14.4. The number of phenols is 1. The van der Waals surface area contributed by atoms with Crippen LogP contribution < -0.4 is 5.32 Å². The maximum absolute atomic E-state index is 10.2. The molecule has 0 bridgehead atoms. The highest BCUT2D eigenvalue weighted by Crippen LogP contribution is 2.28. The normalized spacial score (nSPS) is 23.1. The maximum Gasteiger partial charge on any atom is 0.120 e. The summed E-state index contributed by atoms with van der Waals surface area (Å²) in [6, 6.07) is 12.7. The van der Waals surface area contributed by atoms with Gasteiger partial charge in [0.05, 0.1) is 0 Å². The highest BCUT2D eigenvalue weighted by atomic mass is 16.3. The number of fused-ring (bicyclic) bond motifs is 1. The summed E-state index contributed by atoms with van der Waals surface area (Å²) < 4.78 is 0. The fraction of sp³-hybridized carbons (Fsp3) is 0.474. The summed E-state index contributed by atoms with van der Waals surface area (Å²) in [5.74, 6) is 1.27. The molecule has 112 valence electrons. The Morgan fingerprint density at radius 3 is 2.81 bits per heavy atom. The molecule has 1 saturated carbocycles. The van der Waals surface area contributed by atoms with E-state index in [1.807, 2.05) is 24.3 Å². The molecule has 1 fully saturated rings. The van der Waals surface area contributed by atoms with Gasteiger partial charge in [0.25, 0.3) is 0 Å². The van der Waals surface area contributed by atoms with Crippen LogP contribution in [-0.4, -0.2) is 11.1 Å². The van der Waals surface area contributed by atoms with Crippen LogP contribution in [0.25, 0.3) is 10.8 Å². The molecule has 2 atom stereocenters. The van der Waals surface area contributed by atoms with Crippen LogP contribution in [-0.2, 0) is 6.54 Å². The van der Waals surface area contributed by atoms with E-state index in [1.54, 1.807) is 0 Å². The van der Waals surface area contributed by atoms with E-state index in [2.05, 4.69) is 24.4 Å². The van der Waals surface area contributed by atoms with Gasteiger partial charge in [-0.2, -0.15) is 0 Å². The molecule has 21 heavy (non-hydrogen) atoms. The van der Waals surface area contributed by atoms with Crippen molar-refractivity contribution in [2.24, 2.45) is 5.92 Å². The van der Waals surface area contributed by atoms with Crippen LogP contribution in [0.1, 0.15) is 44.6 Å². The summed E-state index contributed by atoms with van der Waals surface area (Å²) >= 11 is 0. The predicted octanol–water partition coefficient (Wildman–Crippen LogP) is 4.60. The highest BCUT2D eigenvalue weighted by Gasteiger charge is 2.16. The summed E-state index contributed by atoms with van der Waals surface area (Å²) in [6.07, 6.45) is 6.51. The molecule has 0 radical (unpaired) electrons. The summed E-state index contributed by atoms with van der Waals surface area (Å²) in [7, 11) is 0. The largest absolute Gasteiger partial charge is 0.508 e. The number of benzene rings is 2. The van der Waals surface area contributed by atoms with Crippen molar-refractivity contribution in [1.82, 2.24) is 5.32 Å². The van der Waals surface area contributed by atoms with Crippen molar-refractivity contribution in [2.45, 2.75) is 51.6 Å². The van der Waals surface area contributed by atoms with Crippen molar-refractivity contribution in [1.29, 1.82) is 0 Å². The standard InChI is InChI=1S/C19H25NO/c1-14-5-4-7-16(11-9-14)20-13-18-17-8-3-2-6-15(17)10-12-19(18)21/h2-3,6,8,10,12,14,16,20-21H,4-5,7,9,11,13H2,1H3. The summed E-state index contributed by atoms with van der Waals surface area (Å²) in [6.45, 7) is 3.12. The Hall–Kier alpha value is -1.54. The van der Waals surface area contributed by atoms with Crippen LogP contribution in [0.5, 0.6) is 5.75 Å². The van der Waals surface area contributed by atoms with Crippen LogP contribution in [0.3, 0.4) is 0 Å². The topological polar surface area (TPSA) is 32.3 Å². The minimum atomic E-state index is 0.406. The van der Waals surface area contributed by atoms with Crippen LogP contribution in [0.15, 0.2) is 36.4 Å². The SMILES string of the molecule is CC1CCCC(NCc2c(O)ccc3ccccc23)CC1. The van der Waals surface area contributed by atoms with E-state index in [-0.39, 0.29) is 0 Å². The lowest BCUT2D eigenvalue weighted by Gasteiger charge is -2.18. The lowest BCUT2D eigenvalue weighted by Crippen LogP contribution is -2.28. The molecule has 2 heteroatoms. The van der Waals surface area contributed by atoms with Crippen molar-refractivity contribution >= 4 is 10.8 Å². The van der Waals surface area contributed by atoms with Gasteiger partial charge in [-0.05, 0) is 42.0 Å². The highest BCUT2D eigenvalue weighted by molar-refractivity contribution is 5.87. The molecule has 0 amide bonds. The molecule has 2 N–H and O–H groups in total. The Labute approximate surface area is 127 Å². The van der Waals surface area contributed by atoms with Gasteiger partial charge >= 0.3 is 0 Å². The number of aromatic hydroxyl groups is 1. The van der Waals surface area contributed by atoms with Gasteiger partial charge in [0.2, 0.25) is 0 Å². The zero-order chi connectivity index (χ0) is 14.7. The van der Waals surface area contributed by atoms with Gasteiger partial charge in [0.15, 0.2) is 0 Å². The van der Waals surface area contributed by atoms with E-state index < -0.39 is 0 Å². The number of rotatable bonds is 3. The molecule has 0 heterocycles. The summed E-state index contributed by atoms with van der Waals surface area (Å²) in [5, 5.41) is 16.2. The first-order valence-electron chi connectivity index (χ1n) is 8.17. The fourth-order valence-electron chi connectivity index (χ4n) is 3.45. The first-order valence-corrected chi connectivity index (χ1v) is 8.17. The Morgan fingerprint density at radius 2 is 1.90 bits per heavy atom. The molecule has 1 aliphatic rings. The molecule has 1 aliphatic carbocycles. The van der Waals surface area contributed by atoms with Crippen molar-refractivity contribution in [3.63, 3.8) is 0 Å². The minimum absolute atomic E-state index is 0.406. The molecule has 2 aromatic rings. The quantitative estimate of drug-likeness (QED) is 0.807. The van der Waals surface area contributed by atoms with Crippen LogP contribution >= 0.6 is 0 Å². The van der Waals surface area contributed by atoms with E-state index in [1.165, 1.54) is 37.5 Å². The molecular formula is C19H25NO. The van der Waals surface area contributed by atoms with Crippen molar-refractivity contribution in [3.8, 4) is 5.75 Å². The maximum atomic E-state index is 10.2. The zero-order valence-electron chi connectivity index (χ0n) is 12.8. The Morgan fingerprint density at radius 1 is 1.05 bits per heavy atom. The van der Waals surface area contributed by atoms with Crippen molar-refractivity contribution in [2.75, 3.05) is 0 Å². The van der Waals surface area contributed by atoms with Crippen LogP contribution in [0, 0.1) is 5.92 Å². The van der Waals surface area contributed by atoms with Crippen molar-refractivity contribution in [3.05, 3.63) is 42.0 Å². The second-order valence-corrected chi connectivity index (χ2v) is 6.48. The van der Waals surface area contributed by atoms with Gasteiger partial charge in [-0.15, -0.1) is 0 Å². The fourth-order valence-corrected chi connectivity index (χ4v) is 3.45. The van der Waals surface area contributed by atoms with E-state index >= 15 is 0 Å². The smallest absolute Gasteiger partial charge is 0.120 e. The molecule has 2 nitrogen and oxygen atoms in total. The number of phenolic OH excluding ortho intramolecular Hbond substituents is 1. The van der Waals surface area contributed by atoms with Crippen LogP contribution in [0.2, 0.25) is 0 Å².